The smallest absolute Gasteiger partial charge is 0.338 e. The molecule has 1 amide bonds. The lowest BCUT2D eigenvalue weighted by molar-refractivity contribution is -0.279. The number of aliphatic hydroxyl groups is 2. The molecule has 374 valence electrons. The highest BCUT2D eigenvalue weighted by Crippen LogP contribution is 2.63. The molecule has 2 unspecified atom stereocenters. The molecule has 4 aliphatic rings. The lowest BCUT2D eigenvalue weighted by atomic mass is 9.45. The number of rotatable bonds is 17. The van der Waals surface area contributed by atoms with Crippen molar-refractivity contribution in [3.8, 4) is 0 Å². The standard InChI is InChI=1S/C51H58N2O15S2/c1-27-35(66-48(62)41(56)40(29-15-9-6-10-16-29)53-45(58)30-17-11-7-12-18-30)24-51(63)44(68-47(61)31-19-13-8-14-20-31)39-32-25-64-34(32)23-36(67-37(55)21-22-69-70-26-33(52)46(59)60)50(39,5)43(57)42(65-28(2)54)38(27)49(51,3)4/h6-20,32-36,39-42,44,56,63H,21-26,52H2,1-5H3,(H,53,58)(H,59,60)/t32-,33?,34-,35+,36+,39?,40+,41-,42-,44+,50-,51-/m1/s1. The van der Waals surface area contributed by atoms with E-state index >= 15 is 4.79 Å². The van der Waals surface area contributed by atoms with Crippen molar-refractivity contribution in [2.24, 2.45) is 28.4 Å². The lowest BCUT2D eigenvalue weighted by Gasteiger charge is -2.64. The first-order valence-electron chi connectivity index (χ1n) is 22.9. The second kappa shape index (κ2) is 21.4. The molecule has 0 radical (unpaired) electrons. The summed E-state index contributed by atoms with van der Waals surface area (Å²) < 4.78 is 30.9. The Labute approximate surface area is 412 Å². The molecule has 3 fully saturated rings. The van der Waals surface area contributed by atoms with Crippen molar-refractivity contribution in [1.82, 2.24) is 5.32 Å². The van der Waals surface area contributed by atoms with E-state index in [-0.39, 0.29) is 53.2 Å². The summed E-state index contributed by atoms with van der Waals surface area (Å²) in [6.07, 6.45) is -9.38. The molecule has 2 bridgehead atoms. The maximum Gasteiger partial charge on any atom is 0.338 e. The maximum absolute atomic E-state index is 15.9. The third kappa shape index (κ3) is 10.3. The van der Waals surface area contributed by atoms with Gasteiger partial charge < -0.3 is 50.1 Å². The Bertz CT molecular complexity index is 2490. The van der Waals surface area contributed by atoms with Gasteiger partial charge in [0.1, 0.15) is 30.0 Å². The van der Waals surface area contributed by atoms with Crippen molar-refractivity contribution in [1.29, 1.82) is 0 Å². The molecule has 1 saturated heterocycles. The molecular formula is C51H58N2O15S2. The van der Waals surface area contributed by atoms with Crippen LogP contribution in [0.4, 0.5) is 0 Å². The fourth-order valence-electron chi connectivity index (χ4n) is 10.5. The van der Waals surface area contributed by atoms with Crippen molar-refractivity contribution in [3.63, 3.8) is 0 Å². The zero-order valence-corrected chi connectivity index (χ0v) is 40.9. The SMILES string of the molecule is CC(=O)O[C@H]1C(=O)[C@@]2(C)C([C@@H]3CO[C@@H]3C[C@@H]2OC(=O)CCSSCC(N)C(=O)O)[C@H](OC(=O)c2ccccc2)[C@]2(O)C[C@H](OC(=O)[C@H](O)[C@@H](NC(=O)c3ccccc3)c3ccccc3)C(C)=C1C2(C)C. The van der Waals surface area contributed by atoms with Gasteiger partial charge >= 0.3 is 29.8 Å². The molecule has 19 heteroatoms. The minimum absolute atomic E-state index is 0.0258. The third-order valence-corrected chi connectivity index (χ3v) is 16.8. The third-order valence-electron chi connectivity index (χ3n) is 14.4. The first-order valence-corrected chi connectivity index (χ1v) is 25.4. The van der Waals surface area contributed by atoms with Gasteiger partial charge in [0.15, 0.2) is 18.0 Å². The van der Waals surface area contributed by atoms with E-state index in [2.05, 4.69) is 5.32 Å². The fraction of sp³-hybridized carbons (Fsp3) is 0.471. The Morgan fingerprint density at radius 3 is 2.07 bits per heavy atom. The highest BCUT2D eigenvalue weighted by molar-refractivity contribution is 8.76. The number of carbonyl (C=O) groups excluding carboxylic acids is 6. The molecule has 12 atom stereocenters. The molecule has 3 aromatic rings. The van der Waals surface area contributed by atoms with Crippen LogP contribution in [0.2, 0.25) is 0 Å². The average Bonchev–Trinajstić information content (AvgIpc) is 3.33. The zero-order chi connectivity index (χ0) is 50.7. The molecule has 0 aromatic heterocycles. The molecule has 70 heavy (non-hydrogen) atoms. The van der Waals surface area contributed by atoms with E-state index in [0.717, 1.165) is 6.92 Å². The first kappa shape index (κ1) is 52.3. The number of aliphatic hydroxyl groups excluding tert-OH is 1. The van der Waals surface area contributed by atoms with Crippen LogP contribution in [0, 0.1) is 22.7 Å². The molecular weight excluding hydrogens is 945 g/mol. The van der Waals surface area contributed by atoms with Gasteiger partial charge in [0.05, 0.1) is 36.2 Å². The number of amides is 1. The van der Waals surface area contributed by atoms with Crippen LogP contribution in [0.1, 0.15) is 86.2 Å². The number of carboxylic acids is 1. The van der Waals surface area contributed by atoms with Crippen LogP contribution in [-0.2, 0) is 47.7 Å². The van der Waals surface area contributed by atoms with Crippen molar-refractivity contribution in [3.05, 3.63) is 119 Å². The molecule has 1 heterocycles. The Morgan fingerprint density at radius 1 is 0.871 bits per heavy atom. The number of esters is 4. The number of ketones is 1. The van der Waals surface area contributed by atoms with E-state index in [1.54, 1.807) is 107 Å². The first-order chi connectivity index (χ1) is 33.2. The van der Waals surface area contributed by atoms with Crippen LogP contribution in [0.3, 0.4) is 0 Å². The number of carboxylic acid groups (broad SMARTS) is 1. The van der Waals surface area contributed by atoms with Gasteiger partial charge in [0.2, 0.25) is 0 Å². The Kier molecular flexibility index (Phi) is 16.0. The Balaban J connectivity index is 1.31. The Hall–Kier alpha value is -5.57. The predicted molar refractivity (Wildman–Crippen MR) is 256 cm³/mol. The van der Waals surface area contributed by atoms with E-state index in [1.165, 1.54) is 33.7 Å². The van der Waals surface area contributed by atoms with Gasteiger partial charge in [0, 0.05) is 54.1 Å². The number of nitrogens with one attached hydrogen (secondary N) is 1. The normalized spacial score (nSPS) is 28.9. The Morgan fingerprint density at radius 2 is 1.49 bits per heavy atom. The number of nitrogens with two attached hydrogens (primary N) is 1. The highest BCUT2D eigenvalue weighted by Gasteiger charge is 2.73. The molecule has 0 spiro atoms. The molecule has 2 saturated carbocycles. The van der Waals surface area contributed by atoms with E-state index in [1.807, 2.05) is 0 Å². The molecule has 3 aliphatic carbocycles. The number of hydrogen-bond acceptors (Lipinski definition) is 17. The second-order valence-corrected chi connectivity index (χ2v) is 21.5. The van der Waals surface area contributed by atoms with Crippen molar-refractivity contribution < 1.29 is 72.6 Å². The lowest BCUT2D eigenvalue weighted by Crippen LogP contribution is -2.75. The summed E-state index contributed by atoms with van der Waals surface area (Å²) >= 11 is 0. The van der Waals surface area contributed by atoms with Crippen LogP contribution >= 0.6 is 21.6 Å². The summed E-state index contributed by atoms with van der Waals surface area (Å²) in [5, 5.41) is 37.6. The zero-order valence-electron chi connectivity index (χ0n) is 39.3. The summed E-state index contributed by atoms with van der Waals surface area (Å²) in [5.74, 6) is -7.59. The van der Waals surface area contributed by atoms with Gasteiger partial charge in [-0.05, 0) is 54.8 Å². The molecule has 7 rings (SSSR count). The van der Waals surface area contributed by atoms with Crippen molar-refractivity contribution in [2.75, 3.05) is 18.1 Å². The largest absolute Gasteiger partial charge is 0.480 e. The van der Waals surface area contributed by atoms with E-state index in [9.17, 15) is 39.0 Å². The monoisotopic (exact) mass is 1000 g/mol. The quantitative estimate of drug-likeness (QED) is 0.0400. The van der Waals surface area contributed by atoms with Gasteiger partial charge in [-0.2, -0.15) is 0 Å². The predicted octanol–water partition coefficient (Wildman–Crippen LogP) is 4.78. The summed E-state index contributed by atoms with van der Waals surface area (Å²) in [5.41, 5.74) is 0.887. The summed E-state index contributed by atoms with van der Waals surface area (Å²) in [7, 11) is 2.39. The number of hydrogen-bond donors (Lipinski definition) is 5. The van der Waals surface area contributed by atoms with Gasteiger partial charge in [-0.3, -0.25) is 24.0 Å². The van der Waals surface area contributed by atoms with Gasteiger partial charge in [0.25, 0.3) is 5.91 Å². The minimum Gasteiger partial charge on any atom is -0.480 e. The summed E-state index contributed by atoms with van der Waals surface area (Å²) in [6, 6.07) is 22.1. The van der Waals surface area contributed by atoms with Crippen molar-refractivity contribution >= 4 is 63.1 Å². The molecule has 1 aliphatic heterocycles. The molecule has 3 aromatic carbocycles. The molecule has 6 N–H and O–H groups in total. The second-order valence-electron chi connectivity index (χ2n) is 18.9. The number of ether oxygens (including phenoxy) is 5. The summed E-state index contributed by atoms with van der Waals surface area (Å²) in [6.45, 7) is 7.51. The number of aliphatic carboxylic acids is 1. The fourth-order valence-corrected chi connectivity index (χ4v) is 12.6. The van der Waals surface area contributed by atoms with Gasteiger partial charge in [-0.1, -0.05) is 102 Å². The van der Waals surface area contributed by atoms with Crippen LogP contribution < -0.4 is 11.1 Å². The number of carbonyl (C=O) groups is 7. The number of benzene rings is 3. The van der Waals surface area contributed by atoms with E-state index in [0.29, 0.717) is 5.56 Å². The maximum atomic E-state index is 15.9. The minimum atomic E-state index is -2.27. The summed E-state index contributed by atoms with van der Waals surface area (Å²) in [4.78, 5) is 96.4. The highest BCUT2D eigenvalue weighted by atomic mass is 33.1. The van der Waals surface area contributed by atoms with Crippen LogP contribution in [0.15, 0.2) is 102 Å². The number of fused-ring (bicyclic) bond motifs is 5. The van der Waals surface area contributed by atoms with Crippen LogP contribution in [0.25, 0.3) is 0 Å². The number of Topliss-reactive ketones (excluding diaryl/α,β-unsaturated/α-hetero) is 1. The van der Waals surface area contributed by atoms with E-state index in [4.69, 9.17) is 34.5 Å². The van der Waals surface area contributed by atoms with Crippen LogP contribution in [0.5, 0.6) is 0 Å². The molecule has 17 nitrogen and oxygen atoms in total. The van der Waals surface area contributed by atoms with Gasteiger partial charge in [-0.15, -0.1) is 0 Å². The van der Waals surface area contributed by atoms with Crippen LogP contribution in [-0.4, -0.2) is 123 Å². The van der Waals surface area contributed by atoms with Gasteiger partial charge in [-0.25, -0.2) is 9.59 Å². The van der Waals surface area contributed by atoms with Crippen molar-refractivity contribution in [2.45, 2.75) is 108 Å². The average molecular weight is 1000 g/mol. The van der Waals surface area contributed by atoms with E-state index < -0.39 is 125 Å². The topological polar surface area (TPSA) is 264 Å².